The Kier molecular flexibility index (Phi) is 7.16. The Morgan fingerprint density at radius 1 is 1.53 bits per heavy atom. The minimum atomic E-state index is -0.287. The second-order valence-corrected chi connectivity index (χ2v) is 4.48. The average molecular weight is 244 g/mol. The van der Waals surface area contributed by atoms with Gasteiger partial charge in [-0.15, -0.1) is 0 Å². The third kappa shape index (κ3) is 6.61. The first-order chi connectivity index (χ1) is 8.22. The number of nitrogens with zero attached hydrogens (tertiary/aromatic N) is 1. The van der Waals surface area contributed by atoms with Crippen molar-refractivity contribution in [3.05, 3.63) is 0 Å². The van der Waals surface area contributed by atoms with Crippen LogP contribution in [0.1, 0.15) is 13.3 Å². The maximum Gasteiger partial charge on any atom is 0.332 e. The van der Waals surface area contributed by atoms with Crippen molar-refractivity contribution in [3.8, 4) is 0 Å². The highest BCUT2D eigenvalue weighted by Gasteiger charge is 2.18. The summed E-state index contributed by atoms with van der Waals surface area (Å²) in [6, 6.07) is 0. The maximum atomic E-state index is 10.9. The van der Waals surface area contributed by atoms with E-state index in [1.165, 1.54) is 19.5 Å². The molecule has 0 aromatic carbocycles. The number of carbonyl (C=O) groups excluding carboxylic acids is 1. The molecule has 1 aliphatic heterocycles. The number of hydrogen-bond acceptors (Lipinski definition) is 5. The van der Waals surface area contributed by atoms with Crippen molar-refractivity contribution in [3.63, 3.8) is 0 Å². The van der Waals surface area contributed by atoms with Gasteiger partial charge < -0.3 is 19.7 Å². The largest absolute Gasteiger partial charge is 0.464 e. The van der Waals surface area contributed by atoms with Gasteiger partial charge in [-0.3, -0.25) is 0 Å². The van der Waals surface area contributed by atoms with E-state index in [-0.39, 0.29) is 12.6 Å². The molecule has 1 N–H and O–H groups in total. The first-order valence-electron chi connectivity index (χ1n) is 6.35. The van der Waals surface area contributed by atoms with Gasteiger partial charge in [-0.05, 0) is 39.4 Å². The van der Waals surface area contributed by atoms with Crippen LogP contribution < -0.4 is 5.32 Å². The molecule has 0 aliphatic carbocycles. The van der Waals surface area contributed by atoms with Crippen LogP contribution in [-0.4, -0.2) is 63.9 Å². The Labute approximate surface area is 103 Å². The van der Waals surface area contributed by atoms with Gasteiger partial charge in [0.05, 0.1) is 13.2 Å². The lowest BCUT2D eigenvalue weighted by molar-refractivity contribution is -0.148. The molecule has 1 unspecified atom stereocenters. The molecule has 0 bridgehead atoms. The van der Waals surface area contributed by atoms with Crippen molar-refractivity contribution < 1.29 is 14.3 Å². The standard InChI is InChI=1S/C12H24N2O3/c1-3-17-12(15)10-16-7-5-13-8-11-4-6-14(2)9-11/h11,13H,3-10H2,1-2H3. The number of rotatable bonds is 8. The van der Waals surface area contributed by atoms with Gasteiger partial charge in [0.15, 0.2) is 0 Å². The predicted octanol–water partition coefficient (Wildman–Crippen LogP) is 0.107. The van der Waals surface area contributed by atoms with Gasteiger partial charge in [-0.2, -0.15) is 0 Å². The number of hydrogen-bond donors (Lipinski definition) is 1. The molecule has 1 saturated heterocycles. The summed E-state index contributed by atoms with van der Waals surface area (Å²) in [5.41, 5.74) is 0. The molecule has 0 spiro atoms. The van der Waals surface area contributed by atoms with Crippen LogP contribution in [0.15, 0.2) is 0 Å². The van der Waals surface area contributed by atoms with E-state index in [0.29, 0.717) is 13.2 Å². The van der Waals surface area contributed by atoms with Crippen LogP contribution >= 0.6 is 0 Å². The van der Waals surface area contributed by atoms with Gasteiger partial charge in [-0.25, -0.2) is 4.79 Å². The molecule has 0 aromatic rings. The van der Waals surface area contributed by atoms with Crippen molar-refractivity contribution in [2.24, 2.45) is 5.92 Å². The molecular weight excluding hydrogens is 220 g/mol. The molecule has 0 aromatic heterocycles. The van der Waals surface area contributed by atoms with Gasteiger partial charge in [0, 0.05) is 13.1 Å². The zero-order valence-electron chi connectivity index (χ0n) is 10.9. The molecule has 1 rings (SSSR count). The highest BCUT2D eigenvalue weighted by molar-refractivity contribution is 5.70. The Bertz CT molecular complexity index is 224. The molecular formula is C12H24N2O3. The van der Waals surface area contributed by atoms with E-state index in [1.807, 2.05) is 0 Å². The summed E-state index contributed by atoms with van der Waals surface area (Å²) < 4.78 is 9.94. The monoisotopic (exact) mass is 244 g/mol. The molecule has 5 nitrogen and oxygen atoms in total. The van der Waals surface area contributed by atoms with Gasteiger partial charge in [0.25, 0.3) is 0 Å². The van der Waals surface area contributed by atoms with Crippen molar-refractivity contribution in [2.75, 3.05) is 53.0 Å². The van der Waals surface area contributed by atoms with Gasteiger partial charge >= 0.3 is 5.97 Å². The SMILES string of the molecule is CCOC(=O)COCCNCC1CCN(C)C1. The average Bonchev–Trinajstić information content (AvgIpc) is 2.70. The van der Waals surface area contributed by atoms with E-state index in [9.17, 15) is 4.79 Å². The van der Waals surface area contributed by atoms with Crippen LogP contribution in [0.2, 0.25) is 0 Å². The minimum absolute atomic E-state index is 0.0572. The van der Waals surface area contributed by atoms with E-state index in [1.54, 1.807) is 6.92 Å². The van der Waals surface area contributed by atoms with Crippen LogP contribution in [0.25, 0.3) is 0 Å². The van der Waals surface area contributed by atoms with Crippen LogP contribution in [0.4, 0.5) is 0 Å². The Morgan fingerprint density at radius 3 is 3.00 bits per heavy atom. The van der Waals surface area contributed by atoms with Gasteiger partial charge in [0.2, 0.25) is 0 Å². The van der Waals surface area contributed by atoms with Crippen molar-refractivity contribution >= 4 is 5.97 Å². The highest BCUT2D eigenvalue weighted by Crippen LogP contribution is 2.12. The Hall–Kier alpha value is -0.650. The van der Waals surface area contributed by atoms with Gasteiger partial charge in [0.1, 0.15) is 6.61 Å². The summed E-state index contributed by atoms with van der Waals surface area (Å²) in [7, 11) is 2.16. The first kappa shape index (κ1) is 14.4. The lowest BCUT2D eigenvalue weighted by Crippen LogP contribution is -2.28. The van der Waals surface area contributed by atoms with Crippen molar-refractivity contribution in [2.45, 2.75) is 13.3 Å². The summed E-state index contributed by atoms with van der Waals surface area (Å²) in [6.07, 6.45) is 1.27. The minimum Gasteiger partial charge on any atom is -0.464 e. The van der Waals surface area contributed by atoms with Gasteiger partial charge in [-0.1, -0.05) is 0 Å². The fourth-order valence-corrected chi connectivity index (χ4v) is 2.00. The van der Waals surface area contributed by atoms with Crippen LogP contribution in [0.3, 0.4) is 0 Å². The molecule has 0 radical (unpaired) electrons. The smallest absolute Gasteiger partial charge is 0.332 e. The lowest BCUT2D eigenvalue weighted by Gasteiger charge is -2.11. The molecule has 17 heavy (non-hydrogen) atoms. The number of esters is 1. The summed E-state index contributed by atoms with van der Waals surface area (Å²) in [5.74, 6) is 0.468. The zero-order valence-corrected chi connectivity index (χ0v) is 10.9. The molecule has 5 heteroatoms. The molecule has 1 aliphatic rings. The molecule has 0 amide bonds. The lowest BCUT2D eigenvalue weighted by atomic mass is 10.1. The summed E-state index contributed by atoms with van der Waals surface area (Å²) in [5, 5.41) is 3.35. The van der Waals surface area contributed by atoms with Crippen molar-refractivity contribution in [1.82, 2.24) is 10.2 Å². The highest BCUT2D eigenvalue weighted by atomic mass is 16.6. The quantitative estimate of drug-likeness (QED) is 0.485. The molecule has 1 atom stereocenters. The van der Waals surface area contributed by atoms with E-state index in [4.69, 9.17) is 9.47 Å². The third-order valence-electron chi connectivity index (χ3n) is 2.87. The molecule has 1 fully saturated rings. The number of carbonyl (C=O) groups is 1. The van der Waals surface area contributed by atoms with E-state index in [0.717, 1.165) is 19.0 Å². The number of likely N-dealkylation sites (tertiary alicyclic amines) is 1. The normalized spacial score (nSPS) is 20.7. The summed E-state index contributed by atoms with van der Waals surface area (Å²) >= 11 is 0. The Morgan fingerprint density at radius 2 is 2.35 bits per heavy atom. The molecule has 100 valence electrons. The summed E-state index contributed by atoms with van der Waals surface area (Å²) in [4.78, 5) is 13.3. The first-order valence-corrected chi connectivity index (χ1v) is 6.35. The van der Waals surface area contributed by atoms with E-state index >= 15 is 0 Å². The number of ether oxygens (including phenoxy) is 2. The second-order valence-electron chi connectivity index (χ2n) is 4.48. The fraction of sp³-hybridized carbons (Fsp3) is 0.917. The molecule has 0 saturated carbocycles. The zero-order chi connectivity index (χ0) is 12.5. The fourth-order valence-electron chi connectivity index (χ4n) is 2.00. The molecule has 1 heterocycles. The topological polar surface area (TPSA) is 50.8 Å². The predicted molar refractivity (Wildman–Crippen MR) is 65.9 cm³/mol. The van der Waals surface area contributed by atoms with E-state index < -0.39 is 0 Å². The van der Waals surface area contributed by atoms with Crippen molar-refractivity contribution in [1.29, 1.82) is 0 Å². The van der Waals surface area contributed by atoms with E-state index in [2.05, 4.69) is 17.3 Å². The summed E-state index contributed by atoms with van der Waals surface area (Å²) in [6.45, 7) is 7.02. The number of nitrogens with one attached hydrogen (secondary N) is 1. The third-order valence-corrected chi connectivity index (χ3v) is 2.87. The van der Waals surface area contributed by atoms with Crippen LogP contribution in [0, 0.1) is 5.92 Å². The van der Waals surface area contributed by atoms with Crippen LogP contribution in [-0.2, 0) is 14.3 Å². The van der Waals surface area contributed by atoms with Crippen LogP contribution in [0.5, 0.6) is 0 Å². The Balaban J connectivity index is 1.86. The maximum absolute atomic E-state index is 10.9. The second kappa shape index (κ2) is 8.44.